The SMILES string of the molecule is CCOC(=O)[C@@]1(C)C/C=C(C)\C=C/CC/C=C(C)\C=C/C(=O)C[C@H]2C[C@@H]1OC(C)(C)O2. The van der Waals surface area contributed by atoms with Gasteiger partial charge in [0.2, 0.25) is 0 Å². The van der Waals surface area contributed by atoms with Gasteiger partial charge in [0.15, 0.2) is 11.6 Å². The van der Waals surface area contributed by atoms with Crippen molar-refractivity contribution in [3.05, 3.63) is 47.6 Å². The van der Waals surface area contributed by atoms with E-state index in [-0.39, 0.29) is 24.3 Å². The summed E-state index contributed by atoms with van der Waals surface area (Å²) < 4.78 is 17.7. The van der Waals surface area contributed by atoms with Gasteiger partial charge in [-0.1, -0.05) is 41.5 Å². The van der Waals surface area contributed by atoms with E-state index in [1.807, 2.05) is 47.6 Å². The topological polar surface area (TPSA) is 61.8 Å². The average Bonchev–Trinajstić information content (AvgIpc) is 2.68. The summed E-state index contributed by atoms with van der Waals surface area (Å²) in [6.07, 6.45) is 14.2. The third-order valence-corrected chi connectivity index (χ3v) is 5.80. The Labute approximate surface area is 187 Å². The maximum Gasteiger partial charge on any atom is 0.314 e. The van der Waals surface area contributed by atoms with Crippen molar-refractivity contribution in [1.82, 2.24) is 0 Å². The highest BCUT2D eigenvalue weighted by Crippen LogP contribution is 2.41. The van der Waals surface area contributed by atoms with E-state index in [0.29, 0.717) is 19.4 Å². The number of hydrogen-bond acceptors (Lipinski definition) is 5. The van der Waals surface area contributed by atoms with E-state index in [9.17, 15) is 9.59 Å². The molecule has 5 heteroatoms. The predicted molar refractivity (Wildman–Crippen MR) is 122 cm³/mol. The van der Waals surface area contributed by atoms with E-state index in [0.717, 1.165) is 24.0 Å². The molecule has 3 atom stereocenters. The summed E-state index contributed by atoms with van der Waals surface area (Å²) in [6, 6.07) is 0. The second-order valence-corrected chi connectivity index (χ2v) is 9.20. The van der Waals surface area contributed by atoms with Crippen LogP contribution in [-0.2, 0) is 23.8 Å². The summed E-state index contributed by atoms with van der Waals surface area (Å²) in [5.41, 5.74) is 1.29. The number of esters is 1. The quantitative estimate of drug-likeness (QED) is 0.533. The lowest BCUT2D eigenvalue weighted by molar-refractivity contribution is -0.315. The van der Waals surface area contributed by atoms with Gasteiger partial charge < -0.3 is 14.2 Å². The number of fused-ring (bicyclic) bond motifs is 2. The van der Waals surface area contributed by atoms with Gasteiger partial charge in [-0.05, 0) is 66.9 Å². The molecule has 0 aromatic rings. The molecule has 0 spiro atoms. The molecule has 0 saturated carbocycles. The minimum atomic E-state index is -0.900. The fourth-order valence-electron chi connectivity index (χ4n) is 3.97. The van der Waals surface area contributed by atoms with Crippen molar-refractivity contribution >= 4 is 11.8 Å². The van der Waals surface area contributed by atoms with E-state index >= 15 is 0 Å². The number of carbonyl (C=O) groups excluding carboxylic acids is 2. The molecule has 2 bridgehead atoms. The summed E-state index contributed by atoms with van der Waals surface area (Å²) in [6.45, 7) is 11.7. The van der Waals surface area contributed by atoms with Crippen LogP contribution >= 0.6 is 0 Å². The monoisotopic (exact) mass is 430 g/mol. The van der Waals surface area contributed by atoms with Crippen LogP contribution in [0.3, 0.4) is 0 Å². The lowest BCUT2D eigenvalue weighted by Crippen LogP contribution is -2.53. The predicted octanol–water partition coefficient (Wildman–Crippen LogP) is 5.61. The molecule has 31 heavy (non-hydrogen) atoms. The molecule has 172 valence electrons. The Kier molecular flexibility index (Phi) is 9.01. The summed E-state index contributed by atoms with van der Waals surface area (Å²) in [7, 11) is 0. The average molecular weight is 431 g/mol. The van der Waals surface area contributed by atoms with E-state index in [1.54, 1.807) is 6.08 Å². The van der Waals surface area contributed by atoms with Crippen molar-refractivity contribution in [2.75, 3.05) is 6.61 Å². The van der Waals surface area contributed by atoms with E-state index in [1.165, 1.54) is 0 Å². The number of rotatable bonds is 2. The van der Waals surface area contributed by atoms with Crippen LogP contribution in [0.1, 0.15) is 73.6 Å². The number of carbonyl (C=O) groups is 2. The summed E-state index contributed by atoms with van der Waals surface area (Å²) in [5, 5.41) is 0. The Hall–Kier alpha value is -1.98. The molecule has 0 N–H and O–H groups in total. The first-order valence-electron chi connectivity index (χ1n) is 11.3. The minimum absolute atomic E-state index is 0.00647. The van der Waals surface area contributed by atoms with Crippen LogP contribution in [0, 0.1) is 5.41 Å². The van der Waals surface area contributed by atoms with Crippen LogP contribution in [-0.4, -0.2) is 36.4 Å². The normalized spacial score (nSPS) is 35.6. The van der Waals surface area contributed by atoms with Gasteiger partial charge in [-0.25, -0.2) is 0 Å². The first-order valence-corrected chi connectivity index (χ1v) is 11.3. The standard InChI is InChI=1S/C26H38O5/c1-7-29-24(28)26(6)16-15-20(3)12-10-8-9-11-19(2)13-14-21(27)17-22-18-23(26)31-25(4,5)30-22/h10-15,22-23H,7-9,16-18H2,1-6H3/b12-10-,14-13-,19-11-,20-15-/t22-,23-,26-/m0/s1. The molecule has 0 radical (unpaired) electrons. The third kappa shape index (κ3) is 7.58. The maximum atomic E-state index is 13.0. The Balaban J connectivity index is 2.42. The third-order valence-electron chi connectivity index (χ3n) is 5.80. The van der Waals surface area contributed by atoms with Gasteiger partial charge in [0.05, 0.1) is 24.2 Å². The van der Waals surface area contributed by atoms with Crippen LogP contribution in [0.5, 0.6) is 0 Å². The Morgan fingerprint density at radius 3 is 2.48 bits per heavy atom. The lowest BCUT2D eigenvalue weighted by atomic mass is 9.77. The molecule has 0 aromatic heterocycles. The van der Waals surface area contributed by atoms with Crippen LogP contribution in [0.2, 0.25) is 0 Å². The van der Waals surface area contributed by atoms with E-state index in [2.05, 4.69) is 24.3 Å². The fraction of sp³-hybridized carbons (Fsp3) is 0.615. The summed E-state index contributed by atoms with van der Waals surface area (Å²) >= 11 is 0. The van der Waals surface area contributed by atoms with Gasteiger partial charge in [-0.15, -0.1) is 0 Å². The van der Waals surface area contributed by atoms with Crippen molar-refractivity contribution in [3.8, 4) is 0 Å². The molecule has 1 heterocycles. The highest BCUT2D eigenvalue weighted by molar-refractivity contribution is 5.90. The Bertz CT molecular complexity index is 771. The van der Waals surface area contributed by atoms with Gasteiger partial charge in [0.1, 0.15) is 0 Å². The molecule has 0 amide bonds. The summed E-state index contributed by atoms with van der Waals surface area (Å²) in [5.74, 6) is -1.18. The van der Waals surface area contributed by atoms with Gasteiger partial charge in [-0.3, -0.25) is 9.59 Å². The second-order valence-electron chi connectivity index (χ2n) is 9.20. The largest absolute Gasteiger partial charge is 0.465 e. The van der Waals surface area contributed by atoms with Crippen molar-refractivity contribution < 1.29 is 23.8 Å². The molecule has 0 unspecified atom stereocenters. The zero-order chi connectivity index (χ0) is 23.1. The van der Waals surface area contributed by atoms with Crippen molar-refractivity contribution in [2.45, 2.75) is 91.6 Å². The number of allylic oxidation sites excluding steroid dienone is 8. The molecule has 0 aromatic carbocycles. The molecule has 2 aliphatic rings. The van der Waals surface area contributed by atoms with E-state index < -0.39 is 17.3 Å². The highest BCUT2D eigenvalue weighted by atomic mass is 16.7. The Morgan fingerprint density at radius 2 is 1.77 bits per heavy atom. The number of ketones is 1. The summed E-state index contributed by atoms with van der Waals surface area (Å²) in [4.78, 5) is 25.6. The molecular weight excluding hydrogens is 392 g/mol. The van der Waals surface area contributed by atoms with Crippen LogP contribution in [0.15, 0.2) is 47.6 Å². The van der Waals surface area contributed by atoms with Gasteiger partial charge in [0, 0.05) is 12.8 Å². The number of hydrogen-bond donors (Lipinski definition) is 0. The molecule has 1 saturated heterocycles. The molecule has 1 aliphatic carbocycles. The zero-order valence-electron chi connectivity index (χ0n) is 19.9. The first-order chi connectivity index (χ1) is 14.6. The van der Waals surface area contributed by atoms with Gasteiger partial charge in [-0.2, -0.15) is 0 Å². The van der Waals surface area contributed by atoms with E-state index in [4.69, 9.17) is 14.2 Å². The maximum absolute atomic E-state index is 13.0. The molecular formula is C26H38O5. The highest BCUT2D eigenvalue weighted by Gasteiger charge is 2.49. The van der Waals surface area contributed by atoms with Gasteiger partial charge in [0.25, 0.3) is 0 Å². The molecule has 1 aliphatic heterocycles. The number of ether oxygens (including phenoxy) is 3. The van der Waals surface area contributed by atoms with Crippen molar-refractivity contribution in [3.63, 3.8) is 0 Å². The van der Waals surface area contributed by atoms with Gasteiger partial charge >= 0.3 is 5.97 Å². The fourth-order valence-corrected chi connectivity index (χ4v) is 3.97. The van der Waals surface area contributed by atoms with Crippen molar-refractivity contribution in [2.24, 2.45) is 5.41 Å². The smallest absolute Gasteiger partial charge is 0.314 e. The minimum Gasteiger partial charge on any atom is -0.465 e. The second kappa shape index (κ2) is 11.1. The van der Waals surface area contributed by atoms with Crippen LogP contribution in [0.25, 0.3) is 0 Å². The lowest BCUT2D eigenvalue weighted by Gasteiger charge is -2.46. The molecule has 5 nitrogen and oxygen atoms in total. The zero-order valence-corrected chi connectivity index (χ0v) is 19.9. The van der Waals surface area contributed by atoms with Crippen molar-refractivity contribution in [1.29, 1.82) is 0 Å². The first kappa shape index (κ1) is 25.3. The molecule has 2 rings (SSSR count). The van der Waals surface area contributed by atoms with Crippen LogP contribution < -0.4 is 0 Å². The Morgan fingerprint density at radius 1 is 1.06 bits per heavy atom. The van der Waals surface area contributed by atoms with Crippen LogP contribution in [0.4, 0.5) is 0 Å². The molecule has 1 fully saturated rings.